The molecule has 138 valence electrons. The van der Waals surface area contributed by atoms with Crippen molar-refractivity contribution in [2.24, 2.45) is 0 Å². The fourth-order valence-electron chi connectivity index (χ4n) is 3.34. The Morgan fingerprint density at radius 1 is 1.11 bits per heavy atom. The third-order valence-electron chi connectivity index (χ3n) is 4.77. The molecule has 0 aliphatic carbocycles. The van der Waals surface area contributed by atoms with Crippen LogP contribution < -0.4 is 15.8 Å². The molecule has 0 bridgehead atoms. The number of aromatic nitrogens is 2. The van der Waals surface area contributed by atoms with Crippen LogP contribution in [-0.2, 0) is 0 Å². The largest absolute Gasteiger partial charge is 0.422 e. The molecule has 0 saturated carbocycles. The first-order chi connectivity index (χ1) is 13.0. The number of benzene rings is 1. The van der Waals surface area contributed by atoms with Crippen molar-refractivity contribution in [1.29, 1.82) is 0 Å². The zero-order valence-corrected chi connectivity index (χ0v) is 15.3. The van der Waals surface area contributed by atoms with Gasteiger partial charge in [-0.25, -0.2) is 14.8 Å². The van der Waals surface area contributed by atoms with E-state index >= 15 is 0 Å². The molecule has 1 aromatic carbocycles. The molecule has 0 atom stereocenters. The summed E-state index contributed by atoms with van der Waals surface area (Å²) in [4.78, 5) is 36.1. The van der Waals surface area contributed by atoms with Gasteiger partial charge in [0.25, 0.3) is 5.91 Å². The number of hydrogen-bond donors (Lipinski definition) is 1. The van der Waals surface area contributed by atoms with Crippen LogP contribution in [0.5, 0.6) is 0 Å². The molecule has 7 nitrogen and oxygen atoms in total. The Kier molecular flexibility index (Phi) is 4.35. The van der Waals surface area contributed by atoms with E-state index in [-0.39, 0.29) is 5.56 Å². The van der Waals surface area contributed by atoms with E-state index in [1.165, 1.54) is 0 Å². The van der Waals surface area contributed by atoms with E-state index in [1.807, 2.05) is 19.9 Å². The van der Waals surface area contributed by atoms with E-state index in [0.717, 1.165) is 25.9 Å². The van der Waals surface area contributed by atoms with Crippen LogP contribution in [0.1, 0.15) is 34.6 Å². The van der Waals surface area contributed by atoms with Crippen molar-refractivity contribution in [3.8, 4) is 0 Å². The van der Waals surface area contributed by atoms with Gasteiger partial charge in [-0.3, -0.25) is 4.79 Å². The minimum Gasteiger partial charge on any atom is -0.422 e. The second-order valence-electron chi connectivity index (χ2n) is 6.70. The lowest BCUT2D eigenvalue weighted by molar-refractivity contribution is 0.102. The summed E-state index contributed by atoms with van der Waals surface area (Å²) in [6.45, 7) is 5.55. The number of aryl methyl sites for hydroxylation is 2. The number of fused-ring (bicyclic) bond motifs is 1. The van der Waals surface area contributed by atoms with Crippen molar-refractivity contribution < 1.29 is 9.21 Å². The summed E-state index contributed by atoms with van der Waals surface area (Å²) < 4.78 is 5.24. The van der Waals surface area contributed by atoms with Gasteiger partial charge in [-0.1, -0.05) is 18.2 Å². The highest BCUT2D eigenvalue weighted by molar-refractivity contribution is 6.05. The third-order valence-corrected chi connectivity index (χ3v) is 4.77. The van der Waals surface area contributed by atoms with Crippen LogP contribution in [0.15, 0.2) is 39.5 Å². The number of carbonyl (C=O) groups excluding carboxylic acids is 1. The van der Waals surface area contributed by atoms with Gasteiger partial charge >= 0.3 is 5.63 Å². The molecule has 1 fully saturated rings. The summed E-state index contributed by atoms with van der Waals surface area (Å²) in [6.07, 6.45) is 2.27. The van der Waals surface area contributed by atoms with Gasteiger partial charge < -0.3 is 14.6 Å². The van der Waals surface area contributed by atoms with E-state index < -0.39 is 11.5 Å². The minimum atomic E-state index is -0.670. The summed E-state index contributed by atoms with van der Waals surface area (Å²) >= 11 is 0. The Bertz CT molecular complexity index is 1060. The van der Waals surface area contributed by atoms with Crippen LogP contribution in [-0.4, -0.2) is 29.0 Å². The standard InChI is InChI=1S/C20H20N4O3/c1-12-17(13(2)22-20(21-12)24-9-5-6-10-24)23-18(25)15-11-14-7-3-4-8-16(14)27-19(15)26/h3-4,7-8,11H,5-6,9-10H2,1-2H3,(H,23,25). The number of carbonyl (C=O) groups is 1. The number of para-hydroxylation sites is 1. The average molecular weight is 364 g/mol. The van der Waals surface area contributed by atoms with Crippen LogP contribution in [0.25, 0.3) is 11.0 Å². The molecule has 1 saturated heterocycles. The van der Waals surface area contributed by atoms with Crippen molar-refractivity contribution in [3.05, 3.63) is 57.7 Å². The molecule has 0 radical (unpaired) electrons. The van der Waals surface area contributed by atoms with Crippen molar-refractivity contribution >= 4 is 28.5 Å². The Labute approximate surface area is 156 Å². The van der Waals surface area contributed by atoms with Gasteiger partial charge in [0.1, 0.15) is 11.1 Å². The number of amides is 1. The minimum absolute atomic E-state index is 0.0453. The number of hydrogen-bond acceptors (Lipinski definition) is 6. The summed E-state index contributed by atoms with van der Waals surface area (Å²) in [5, 5.41) is 3.47. The molecular weight excluding hydrogens is 344 g/mol. The van der Waals surface area contributed by atoms with Crippen LogP contribution in [0.2, 0.25) is 0 Å². The smallest absolute Gasteiger partial charge is 0.349 e. The van der Waals surface area contributed by atoms with Crippen LogP contribution in [0.3, 0.4) is 0 Å². The SMILES string of the molecule is Cc1nc(N2CCCC2)nc(C)c1NC(=O)c1cc2ccccc2oc1=O. The maximum Gasteiger partial charge on any atom is 0.349 e. The molecule has 1 amide bonds. The van der Waals surface area contributed by atoms with Crippen molar-refractivity contribution in [3.63, 3.8) is 0 Å². The predicted octanol–water partition coefficient (Wildman–Crippen LogP) is 3.05. The number of anilines is 2. The lowest BCUT2D eigenvalue weighted by Crippen LogP contribution is -2.24. The van der Waals surface area contributed by atoms with E-state index in [0.29, 0.717) is 34.0 Å². The van der Waals surface area contributed by atoms with Gasteiger partial charge in [-0.2, -0.15) is 0 Å². The van der Waals surface area contributed by atoms with Gasteiger partial charge in [-0.15, -0.1) is 0 Å². The summed E-state index contributed by atoms with van der Waals surface area (Å²) in [5.74, 6) is 0.156. The van der Waals surface area contributed by atoms with Gasteiger partial charge in [0, 0.05) is 18.5 Å². The number of nitrogens with zero attached hydrogens (tertiary/aromatic N) is 3. The maximum absolute atomic E-state index is 12.7. The van der Waals surface area contributed by atoms with E-state index in [4.69, 9.17) is 4.42 Å². The van der Waals surface area contributed by atoms with Crippen LogP contribution in [0.4, 0.5) is 11.6 Å². The second kappa shape index (κ2) is 6.83. The third kappa shape index (κ3) is 3.28. The van der Waals surface area contributed by atoms with E-state index in [1.54, 1.807) is 24.3 Å². The topological polar surface area (TPSA) is 88.3 Å². The highest BCUT2D eigenvalue weighted by Gasteiger charge is 2.20. The first-order valence-electron chi connectivity index (χ1n) is 8.97. The van der Waals surface area contributed by atoms with Gasteiger partial charge in [0.15, 0.2) is 0 Å². The van der Waals surface area contributed by atoms with Crippen molar-refractivity contribution in [2.75, 3.05) is 23.3 Å². The lowest BCUT2D eigenvalue weighted by atomic mass is 10.1. The summed E-state index contributed by atoms with van der Waals surface area (Å²) in [6, 6.07) is 8.62. The average Bonchev–Trinajstić information content (AvgIpc) is 3.18. The first kappa shape index (κ1) is 17.2. The van der Waals surface area contributed by atoms with Crippen molar-refractivity contribution in [1.82, 2.24) is 9.97 Å². The van der Waals surface area contributed by atoms with E-state index in [2.05, 4.69) is 20.2 Å². The molecule has 1 N–H and O–H groups in total. The zero-order chi connectivity index (χ0) is 19.0. The summed E-state index contributed by atoms with van der Waals surface area (Å²) in [7, 11) is 0. The van der Waals surface area contributed by atoms with E-state index in [9.17, 15) is 9.59 Å². The fraction of sp³-hybridized carbons (Fsp3) is 0.300. The lowest BCUT2D eigenvalue weighted by Gasteiger charge is -2.18. The van der Waals surface area contributed by atoms with Crippen molar-refractivity contribution in [2.45, 2.75) is 26.7 Å². The molecule has 2 aromatic heterocycles. The van der Waals surface area contributed by atoms with Gasteiger partial charge in [0.05, 0.1) is 17.1 Å². The Hall–Kier alpha value is -3.22. The second-order valence-corrected chi connectivity index (χ2v) is 6.70. The first-order valence-corrected chi connectivity index (χ1v) is 8.97. The number of nitrogens with one attached hydrogen (secondary N) is 1. The number of rotatable bonds is 3. The zero-order valence-electron chi connectivity index (χ0n) is 15.3. The normalized spacial score (nSPS) is 13.9. The molecule has 0 unspecified atom stereocenters. The highest BCUT2D eigenvalue weighted by Crippen LogP contribution is 2.23. The molecular formula is C20H20N4O3. The highest BCUT2D eigenvalue weighted by atomic mass is 16.4. The molecule has 27 heavy (non-hydrogen) atoms. The predicted molar refractivity (Wildman–Crippen MR) is 103 cm³/mol. The quantitative estimate of drug-likeness (QED) is 0.719. The molecule has 7 heteroatoms. The van der Waals surface area contributed by atoms with Gasteiger partial charge in [0.2, 0.25) is 5.95 Å². The maximum atomic E-state index is 12.7. The van der Waals surface area contributed by atoms with Crippen LogP contribution >= 0.6 is 0 Å². The fourth-order valence-corrected chi connectivity index (χ4v) is 3.34. The summed E-state index contributed by atoms with van der Waals surface area (Å²) in [5.41, 5.74) is 1.60. The molecule has 4 rings (SSSR count). The molecule has 3 aromatic rings. The van der Waals surface area contributed by atoms with Crippen LogP contribution in [0, 0.1) is 13.8 Å². The molecule has 1 aliphatic rings. The molecule has 1 aliphatic heterocycles. The molecule has 0 spiro atoms. The Balaban J connectivity index is 1.65. The monoisotopic (exact) mass is 364 g/mol. The van der Waals surface area contributed by atoms with Gasteiger partial charge in [-0.05, 0) is 38.8 Å². The Morgan fingerprint density at radius 2 is 1.78 bits per heavy atom. The molecule has 3 heterocycles. The Morgan fingerprint density at radius 3 is 2.48 bits per heavy atom.